The molecule has 0 radical (unpaired) electrons. The van der Waals surface area contributed by atoms with Crippen LogP contribution in [0.5, 0.6) is 0 Å². The lowest BCUT2D eigenvalue weighted by molar-refractivity contribution is -0.136. The van der Waals surface area contributed by atoms with Gasteiger partial charge in [0.1, 0.15) is 6.04 Å². The third-order valence-corrected chi connectivity index (χ3v) is 12.8. The Bertz CT molecular complexity index is 2570. The second-order valence-corrected chi connectivity index (χ2v) is 17.4. The molecule has 1 atom stereocenters. The average Bonchev–Trinajstić information content (AvgIpc) is 4.03. The molecule has 2 aromatic carbocycles. The number of hydrogen-bond donors (Lipinski definition) is 3. The van der Waals surface area contributed by atoms with Crippen LogP contribution >= 0.6 is 0 Å². The summed E-state index contributed by atoms with van der Waals surface area (Å²) in [7, 11) is 0. The summed E-state index contributed by atoms with van der Waals surface area (Å²) in [6.07, 6.45) is 13.3. The zero-order valence-electron chi connectivity index (χ0n) is 35.8. The van der Waals surface area contributed by atoms with Crippen LogP contribution in [0.1, 0.15) is 107 Å². The quantitative estimate of drug-likeness (QED) is 0.142. The van der Waals surface area contributed by atoms with Crippen LogP contribution in [-0.4, -0.2) is 108 Å². The van der Waals surface area contributed by atoms with Crippen LogP contribution in [0.4, 0.5) is 17.3 Å². The van der Waals surface area contributed by atoms with Gasteiger partial charge < -0.3 is 20.4 Å². The minimum Gasteiger partial charge on any atom is -0.371 e. The second kappa shape index (κ2) is 17.6. The molecule has 326 valence electrons. The lowest BCUT2D eigenvalue weighted by Gasteiger charge is -2.38. The van der Waals surface area contributed by atoms with E-state index in [1.54, 1.807) is 35.4 Å². The topological polar surface area (TPSA) is 193 Å². The van der Waals surface area contributed by atoms with E-state index in [1.165, 1.54) is 0 Å². The lowest BCUT2D eigenvalue weighted by Crippen LogP contribution is -2.54. The summed E-state index contributed by atoms with van der Waals surface area (Å²) in [5, 5.41) is 17.6. The number of carbonyl (C=O) groups is 5. The molecule has 63 heavy (non-hydrogen) atoms. The highest BCUT2D eigenvalue weighted by Gasteiger charge is 2.45. The van der Waals surface area contributed by atoms with Crippen molar-refractivity contribution in [3.8, 4) is 11.3 Å². The first kappa shape index (κ1) is 41.6. The first-order valence-corrected chi connectivity index (χ1v) is 21.9. The number of aromatic nitrogens is 6. The molecule has 0 aliphatic carbocycles. The summed E-state index contributed by atoms with van der Waals surface area (Å²) in [4.78, 5) is 78.4. The Labute approximate surface area is 365 Å². The molecule has 3 fully saturated rings. The summed E-state index contributed by atoms with van der Waals surface area (Å²) in [6.45, 7) is 11.2. The number of anilines is 3. The molecule has 4 aliphatic heterocycles. The molecule has 9 rings (SSSR count). The maximum absolute atomic E-state index is 13.4. The molecular weight excluding hydrogens is 801 g/mol. The summed E-state index contributed by atoms with van der Waals surface area (Å²) in [5.74, 6) is -1.06. The number of hydrogen-bond acceptors (Lipinski definition) is 12. The van der Waals surface area contributed by atoms with Gasteiger partial charge in [0.25, 0.3) is 17.7 Å². The van der Waals surface area contributed by atoms with Gasteiger partial charge in [0.05, 0.1) is 46.5 Å². The van der Waals surface area contributed by atoms with Crippen molar-refractivity contribution in [2.75, 3.05) is 42.9 Å². The van der Waals surface area contributed by atoms with Gasteiger partial charge in [-0.3, -0.25) is 43.6 Å². The molecule has 3 N–H and O–H groups in total. The van der Waals surface area contributed by atoms with Gasteiger partial charge in [-0.25, -0.2) is 9.97 Å². The SMILES string of the molecule is Cc1cc(-c2ccnc(Nc3cnn(C4CCN(CC5CCN(c6ccc7c(c6)C(=O)N(C6CCC(=O)NC6=O)C7=O)CC5)CC4)c3)n2)ccc1CNC(=O)c1cnn(C(C)C)c1. The Morgan fingerprint density at radius 3 is 2.41 bits per heavy atom. The number of aryl methyl sites for hydroxylation is 1. The Hall–Kier alpha value is -6.75. The van der Waals surface area contributed by atoms with Crippen molar-refractivity contribution in [2.45, 2.75) is 84.0 Å². The van der Waals surface area contributed by atoms with E-state index in [9.17, 15) is 24.0 Å². The molecule has 7 heterocycles. The average molecular weight is 853 g/mol. The minimum absolute atomic E-state index is 0.0944. The van der Waals surface area contributed by atoms with Crippen LogP contribution in [0.15, 0.2) is 73.4 Å². The number of amides is 5. The highest BCUT2D eigenvalue weighted by atomic mass is 16.2. The van der Waals surface area contributed by atoms with E-state index < -0.39 is 23.8 Å². The third kappa shape index (κ3) is 8.82. The molecule has 5 aromatic rings. The van der Waals surface area contributed by atoms with Gasteiger partial charge in [-0.05, 0) is 100 Å². The van der Waals surface area contributed by atoms with Crippen LogP contribution in [-0.2, 0) is 16.1 Å². The first-order chi connectivity index (χ1) is 30.5. The molecule has 3 aromatic heterocycles. The molecule has 0 spiro atoms. The third-order valence-electron chi connectivity index (χ3n) is 12.8. The van der Waals surface area contributed by atoms with E-state index in [-0.39, 0.29) is 30.7 Å². The normalized spacial score (nSPS) is 18.9. The number of carbonyl (C=O) groups excluding carboxylic acids is 5. The predicted octanol–water partition coefficient (Wildman–Crippen LogP) is 5.05. The van der Waals surface area contributed by atoms with Crippen molar-refractivity contribution >= 4 is 46.9 Å². The summed E-state index contributed by atoms with van der Waals surface area (Å²) in [6, 6.07) is 12.9. The fourth-order valence-electron chi connectivity index (χ4n) is 9.14. The second-order valence-electron chi connectivity index (χ2n) is 17.4. The monoisotopic (exact) mass is 852 g/mol. The van der Waals surface area contributed by atoms with Crippen LogP contribution in [0.3, 0.4) is 0 Å². The Morgan fingerprint density at radius 1 is 0.873 bits per heavy atom. The van der Waals surface area contributed by atoms with Crippen molar-refractivity contribution in [3.05, 3.63) is 101 Å². The van der Waals surface area contributed by atoms with Crippen molar-refractivity contribution in [1.29, 1.82) is 0 Å². The summed E-state index contributed by atoms with van der Waals surface area (Å²) in [5.41, 5.74) is 6.70. The van der Waals surface area contributed by atoms with Gasteiger partial charge in [-0.2, -0.15) is 10.2 Å². The van der Waals surface area contributed by atoms with Crippen molar-refractivity contribution in [1.82, 2.24) is 50.0 Å². The van der Waals surface area contributed by atoms with Crippen LogP contribution in [0.2, 0.25) is 0 Å². The molecule has 0 bridgehead atoms. The van der Waals surface area contributed by atoms with Crippen LogP contribution in [0, 0.1) is 12.8 Å². The van der Waals surface area contributed by atoms with Crippen LogP contribution in [0.25, 0.3) is 11.3 Å². The first-order valence-electron chi connectivity index (χ1n) is 21.9. The molecule has 4 aliphatic rings. The van der Waals surface area contributed by atoms with E-state index in [2.05, 4.69) is 46.6 Å². The standard InChI is InChI=1S/C46H52N12O5/c1-28(2)56-26-33(23-49-56)42(60)48-22-32-5-4-31(20-29(32)3)39-10-15-47-46(52-39)51-34-24-50-57(27-34)35-13-16-54(17-14-35)25-30-11-18-55(19-12-30)36-6-7-37-38(21-36)45(63)58(44(37)62)40-8-9-41(59)53-43(40)61/h4-7,10,15,20-21,23-24,26-28,30,35,40H,8-9,11-14,16-19,22,25H2,1-3H3,(H,48,60)(H,47,51,52)(H,53,59,61). The van der Waals surface area contributed by atoms with E-state index in [4.69, 9.17) is 10.1 Å². The zero-order chi connectivity index (χ0) is 43.8. The van der Waals surface area contributed by atoms with Gasteiger partial charge in [-0.1, -0.05) is 12.1 Å². The molecule has 1 unspecified atom stereocenters. The van der Waals surface area contributed by atoms with Gasteiger partial charge >= 0.3 is 0 Å². The number of fused-ring (bicyclic) bond motifs is 1. The van der Waals surface area contributed by atoms with E-state index >= 15 is 0 Å². The van der Waals surface area contributed by atoms with E-state index in [0.29, 0.717) is 41.1 Å². The van der Waals surface area contributed by atoms with E-state index in [0.717, 1.165) is 97.1 Å². The molecular formula is C46H52N12O5. The predicted molar refractivity (Wildman–Crippen MR) is 234 cm³/mol. The Kier molecular flexibility index (Phi) is 11.6. The minimum atomic E-state index is -0.970. The molecule has 3 saturated heterocycles. The number of likely N-dealkylation sites (tertiary alicyclic amines) is 1. The number of nitrogens with zero attached hydrogens (tertiary/aromatic N) is 9. The smallest absolute Gasteiger partial charge is 0.262 e. The number of benzene rings is 2. The maximum Gasteiger partial charge on any atom is 0.262 e. The Morgan fingerprint density at radius 2 is 1.67 bits per heavy atom. The highest BCUT2D eigenvalue weighted by Crippen LogP contribution is 2.33. The number of imide groups is 2. The number of rotatable bonds is 12. The fourth-order valence-corrected chi connectivity index (χ4v) is 9.14. The number of piperidine rings is 3. The van der Waals surface area contributed by atoms with Crippen molar-refractivity contribution in [3.63, 3.8) is 0 Å². The number of nitrogens with one attached hydrogen (secondary N) is 3. The lowest BCUT2D eigenvalue weighted by atomic mass is 9.94. The van der Waals surface area contributed by atoms with Crippen molar-refractivity contribution in [2.24, 2.45) is 5.92 Å². The highest BCUT2D eigenvalue weighted by molar-refractivity contribution is 6.23. The van der Waals surface area contributed by atoms with E-state index in [1.807, 2.05) is 57.4 Å². The summed E-state index contributed by atoms with van der Waals surface area (Å²) >= 11 is 0. The van der Waals surface area contributed by atoms with Gasteiger partial charge in [0, 0.05) is 81.6 Å². The molecule has 5 amide bonds. The molecule has 17 nitrogen and oxygen atoms in total. The van der Waals surface area contributed by atoms with Crippen LogP contribution < -0.4 is 20.9 Å². The molecule has 17 heteroatoms. The maximum atomic E-state index is 13.4. The van der Waals surface area contributed by atoms with Gasteiger partial charge in [0.15, 0.2) is 0 Å². The Balaban J connectivity index is 0.727. The molecule has 0 saturated carbocycles. The van der Waals surface area contributed by atoms with Gasteiger partial charge in [-0.15, -0.1) is 0 Å². The summed E-state index contributed by atoms with van der Waals surface area (Å²) < 4.78 is 3.82. The fraction of sp³-hybridized carbons (Fsp3) is 0.413. The van der Waals surface area contributed by atoms with Gasteiger partial charge in [0.2, 0.25) is 17.8 Å². The van der Waals surface area contributed by atoms with Crippen molar-refractivity contribution < 1.29 is 24.0 Å². The largest absolute Gasteiger partial charge is 0.371 e. The zero-order valence-corrected chi connectivity index (χ0v) is 35.8.